The van der Waals surface area contributed by atoms with E-state index < -0.39 is 12.2 Å². The normalized spacial score (nSPS) is 44.7. The lowest BCUT2D eigenvalue weighted by Gasteiger charge is -2.15. The molecule has 3 unspecified atom stereocenters. The Labute approximate surface area is 65.9 Å². The maximum Gasteiger partial charge on any atom is 0.0955 e. The van der Waals surface area contributed by atoms with E-state index in [1.807, 2.05) is 0 Å². The average molecular weight is 161 g/mol. The fourth-order valence-corrected chi connectivity index (χ4v) is 1.59. The van der Waals surface area contributed by atoms with Gasteiger partial charge in [0.25, 0.3) is 0 Å². The van der Waals surface area contributed by atoms with E-state index in [0.29, 0.717) is 6.42 Å². The predicted molar refractivity (Wildman–Crippen MR) is 40.1 cm³/mol. The van der Waals surface area contributed by atoms with Gasteiger partial charge < -0.3 is 20.6 Å². The first kappa shape index (κ1) is 8.93. The van der Waals surface area contributed by atoms with Crippen LogP contribution in [0.5, 0.6) is 0 Å². The van der Waals surface area contributed by atoms with Crippen LogP contribution in [0.15, 0.2) is 0 Å². The maximum absolute atomic E-state index is 9.34. The van der Waals surface area contributed by atoms with Crippen LogP contribution in [0, 0.1) is 5.92 Å². The minimum Gasteiger partial charge on any atom is -0.396 e. The summed E-state index contributed by atoms with van der Waals surface area (Å²) in [4.78, 5) is 0. The topological polar surface area (TPSA) is 72.7 Å². The summed E-state index contributed by atoms with van der Waals surface area (Å²) in [6, 6.07) is -0.0813. The third kappa shape index (κ3) is 1.54. The van der Waals surface area contributed by atoms with Crippen molar-refractivity contribution in [2.24, 2.45) is 5.92 Å². The van der Waals surface area contributed by atoms with Gasteiger partial charge in [0.15, 0.2) is 0 Å². The van der Waals surface area contributed by atoms with Crippen molar-refractivity contribution < 1.29 is 15.3 Å². The number of likely N-dealkylation sites (N-methyl/N-ethyl adjacent to an activating group) is 1. The van der Waals surface area contributed by atoms with E-state index in [0.717, 1.165) is 0 Å². The number of nitrogens with one attached hydrogen (secondary N) is 1. The standard InChI is InChI=1S/C7H15NO3/c1-8-5-2-4(3-9)6(10)7(5)11/h4-11H,2-3H2,1H3/t4-,5?,6?,7?/m1/s1. The minimum atomic E-state index is -0.780. The lowest BCUT2D eigenvalue weighted by atomic mass is 10.1. The molecular formula is C7H15NO3. The zero-order chi connectivity index (χ0) is 8.43. The second kappa shape index (κ2) is 3.49. The Morgan fingerprint density at radius 2 is 2.00 bits per heavy atom. The lowest BCUT2D eigenvalue weighted by molar-refractivity contribution is 0.000475. The van der Waals surface area contributed by atoms with E-state index in [1.165, 1.54) is 0 Å². The van der Waals surface area contributed by atoms with Crippen LogP contribution < -0.4 is 5.32 Å². The lowest BCUT2D eigenvalue weighted by Crippen LogP contribution is -2.38. The molecule has 1 saturated carbocycles. The first-order valence-electron chi connectivity index (χ1n) is 3.85. The van der Waals surface area contributed by atoms with Crippen LogP contribution in [-0.2, 0) is 0 Å². The molecule has 0 spiro atoms. The molecule has 1 aliphatic rings. The smallest absolute Gasteiger partial charge is 0.0955 e. The zero-order valence-corrected chi connectivity index (χ0v) is 6.57. The van der Waals surface area contributed by atoms with E-state index in [2.05, 4.69) is 5.32 Å². The second-order valence-corrected chi connectivity index (χ2v) is 3.05. The molecule has 0 aromatic carbocycles. The molecule has 4 N–H and O–H groups in total. The van der Waals surface area contributed by atoms with Gasteiger partial charge in [-0.3, -0.25) is 0 Å². The number of rotatable bonds is 2. The maximum atomic E-state index is 9.34. The molecule has 0 aromatic heterocycles. The number of hydrogen-bond donors (Lipinski definition) is 4. The summed E-state index contributed by atoms with van der Waals surface area (Å²) < 4.78 is 0. The fourth-order valence-electron chi connectivity index (χ4n) is 1.59. The summed E-state index contributed by atoms with van der Waals surface area (Å²) in [5, 5.41) is 30.3. The Balaban J connectivity index is 2.53. The fraction of sp³-hybridized carbons (Fsp3) is 1.00. The summed E-state index contributed by atoms with van der Waals surface area (Å²) in [5.74, 6) is -0.178. The Hall–Kier alpha value is -0.160. The van der Waals surface area contributed by atoms with E-state index in [4.69, 9.17) is 5.11 Å². The summed E-state index contributed by atoms with van der Waals surface area (Å²) in [6.45, 7) is -0.0591. The molecule has 11 heavy (non-hydrogen) atoms. The highest BCUT2D eigenvalue weighted by Crippen LogP contribution is 2.25. The molecule has 4 atom stereocenters. The molecule has 1 aliphatic carbocycles. The highest BCUT2D eigenvalue weighted by molar-refractivity contribution is 4.94. The molecule has 0 aliphatic heterocycles. The largest absolute Gasteiger partial charge is 0.396 e. The van der Waals surface area contributed by atoms with E-state index in [-0.39, 0.29) is 18.6 Å². The molecule has 0 aromatic rings. The summed E-state index contributed by atoms with van der Waals surface area (Å²) >= 11 is 0. The van der Waals surface area contributed by atoms with Gasteiger partial charge in [-0.1, -0.05) is 0 Å². The highest BCUT2D eigenvalue weighted by Gasteiger charge is 2.39. The molecule has 0 heterocycles. The predicted octanol–water partition coefficient (Wildman–Crippen LogP) is -1.69. The molecule has 1 rings (SSSR count). The van der Waals surface area contributed by atoms with Crippen molar-refractivity contribution in [2.45, 2.75) is 24.7 Å². The van der Waals surface area contributed by atoms with Gasteiger partial charge >= 0.3 is 0 Å². The molecule has 4 heteroatoms. The number of hydrogen-bond acceptors (Lipinski definition) is 4. The van der Waals surface area contributed by atoms with Crippen molar-refractivity contribution in [3.8, 4) is 0 Å². The quantitative estimate of drug-likeness (QED) is 0.390. The SMILES string of the molecule is CNC1C[C@H](CO)C(O)C1O. The summed E-state index contributed by atoms with van der Waals surface area (Å²) in [7, 11) is 1.74. The molecule has 4 nitrogen and oxygen atoms in total. The van der Waals surface area contributed by atoms with Crippen LogP contribution >= 0.6 is 0 Å². The molecule has 0 saturated heterocycles. The van der Waals surface area contributed by atoms with Gasteiger partial charge in [0.2, 0.25) is 0 Å². The monoisotopic (exact) mass is 161 g/mol. The van der Waals surface area contributed by atoms with Crippen LogP contribution in [0.4, 0.5) is 0 Å². The molecule has 66 valence electrons. The van der Waals surface area contributed by atoms with Crippen molar-refractivity contribution in [3.05, 3.63) is 0 Å². The minimum absolute atomic E-state index is 0.0591. The third-order valence-electron chi connectivity index (χ3n) is 2.41. The average Bonchev–Trinajstić information content (AvgIpc) is 2.30. The third-order valence-corrected chi connectivity index (χ3v) is 2.41. The Kier molecular flexibility index (Phi) is 2.84. The molecule has 0 bridgehead atoms. The second-order valence-electron chi connectivity index (χ2n) is 3.05. The Bertz CT molecular complexity index is 113. The van der Waals surface area contributed by atoms with Gasteiger partial charge in [0.05, 0.1) is 12.2 Å². The van der Waals surface area contributed by atoms with Crippen LogP contribution in [-0.4, -0.2) is 47.2 Å². The van der Waals surface area contributed by atoms with Crippen molar-refractivity contribution >= 4 is 0 Å². The Morgan fingerprint density at radius 1 is 1.36 bits per heavy atom. The highest BCUT2D eigenvalue weighted by atomic mass is 16.3. The van der Waals surface area contributed by atoms with Gasteiger partial charge in [-0.2, -0.15) is 0 Å². The number of aliphatic hydroxyl groups is 3. The van der Waals surface area contributed by atoms with E-state index in [1.54, 1.807) is 7.05 Å². The molecule has 0 amide bonds. The molecular weight excluding hydrogens is 146 g/mol. The van der Waals surface area contributed by atoms with Gasteiger partial charge in [0.1, 0.15) is 0 Å². The zero-order valence-electron chi connectivity index (χ0n) is 6.57. The van der Waals surface area contributed by atoms with Crippen LogP contribution in [0.2, 0.25) is 0 Å². The van der Waals surface area contributed by atoms with E-state index in [9.17, 15) is 10.2 Å². The van der Waals surface area contributed by atoms with Crippen LogP contribution in [0.1, 0.15) is 6.42 Å². The van der Waals surface area contributed by atoms with Crippen LogP contribution in [0.3, 0.4) is 0 Å². The van der Waals surface area contributed by atoms with Crippen molar-refractivity contribution in [1.82, 2.24) is 5.32 Å². The van der Waals surface area contributed by atoms with Crippen molar-refractivity contribution in [1.29, 1.82) is 0 Å². The van der Waals surface area contributed by atoms with Gasteiger partial charge in [0, 0.05) is 18.6 Å². The molecule has 1 fully saturated rings. The first-order valence-corrected chi connectivity index (χ1v) is 3.85. The van der Waals surface area contributed by atoms with Gasteiger partial charge in [-0.05, 0) is 13.5 Å². The van der Waals surface area contributed by atoms with Gasteiger partial charge in [-0.25, -0.2) is 0 Å². The van der Waals surface area contributed by atoms with E-state index >= 15 is 0 Å². The summed E-state index contributed by atoms with van der Waals surface area (Å²) in [6.07, 6.45) is -0.885. The first-order chi connectivity index (χ1) is 5.20. The van der Waals surface area contributed by atoms with Crippen molar-refractivity contribution in [2.75, 3.05) is 13.7 Å². The Morgan fingerprint density at radius 3 is 2.27 bits per heavy atom. The van der Waals surface area contributed by atoms with Crippen LogP contribution in [0.25, 0.3) is 0 Å². The van der Waals surface area contributed by atoms with Crippen molar-refractivity contribution in [3.63, 3.8) is 0 Å². The summed E-state index contributed by atoms with van der Waals surface area (Å²) in [5.41, 5.74) is 0. The number of aliphatic hydroxyl groups excluding tert-OH is 3. The molecule has 0 radical (unpaired) electrons. The van der Waals surface area contributed by atoms with Gasteiger partial charge in [-0.15, -0.1) is 0 Å².